The molecule has 0 bridgehead atoms. The third-order valence-electron chi connectivity index (χ3n) is 15.3. The smallest absolute Gasteiger partial charge is 0.240 e. The maximum absolute atomic E-state index is 4.83. The number of aromatic nitrogens is 10. The molecule has 13 heteroatoms. The summed E-state index contributed by atoms with van der Waals surface area (Å²) < 4.78 is 5.90. The van der Waals surface area contributed by atoms with E-state index in [9.17, 15) is 0 Å². The molecule has 0 spiro atoms. The average Bonchev–Trinajstić information content (AvgIpc) is 1.65. The van der Waals surface area contributed by atoms with Crippen molar-refractivity contribution in [2.75, 3.05) is 19.0 Å². The Balaban J connectivity index is 0.000000124. The SMILES string of the molecule is C.CC(C)(C)c1c[c-]c2c(c1)c1ccccc1c1nccnc21.CN(C)c1c[c-]c2c(c1)c1ccccc1c1nccnc21.Cc1c[n+]2c3c(n1)c1ccccc1c1cccc(c13)C2.[Ir].[Ir].[c-]1ccccc1-n1cccn1.[c-]1ccccc1-n1cccn1. The second-order valence-corrected chi connectivity index (χ2v) is 22.1. The first-order chi connectivity index (χ1) is 41.6. The Labute approximate surface area is 539 Å². The molecular weight excluding hydrogens is 1440 g/mol. The molecule has 0 fully saturated rings. The summed E-state index contributed by atoms with van der Waals surface area (Å²) in [7, 11) is 4.08. The minimum Gasteiger partial charge on any atom is -0.416 e. The zero-order valence-corrected chi connectivity index (χ0v) is 53.5. The maximum Gasteiger partial charge on any atom is 0.240 e. The number of rotatable bonds is 3. The quantitative estimate of drug-likeness (QED) is 0.0978. The van der Waals surface area contributed by atoms with Gasteiger partial charge in [0, 0.05) is 112 Å². The number of fused-ring (bicyclic) bond motifs is 15. The molecule has 11 nitrogen and oxygen atoms in total. The predicted molar refractivity (Wildman–Crippen MR) is 352 cm³/mol. The van der Waals surface area contributed by atoms with E-state index in [2.05, 4.69) is 201 Å². The molecule has 0 saturated heterocycles. The molecule has 16 aromatic rings. The van der Waals surface area contributed by atoms with Gasteiger partial charge in [0.15, 0.2) is 12.7 Å². The van der Waals surface area contributed by atoms with E-state index in [1.165, 1.54) is 59.7 Å². The fraction of sp³-hybridized carbons (Fsp3) is 0.120. The van der Waals surface area contributed by atoms with Gasteiger partial charge in [0.05, 0.1) is 16.4 Å². The summed E-state index contributed by atoms with van der Waals surface area (Å²) in [5.41, 5.74) is 13.1. The minimum atomic E-state index is 0. The third-order valence-corrected chi connectivity index (χ3v) is 15.3. The van der Waals surface area contributed by atoms with Crippen LogP contribution in [0.15, 0.2) is 232 Å². The van der Waals surface area contributed by atoms with Gasteiger partial charge >= 0.3 is 0 Å². The van der Waals surface area contributed by atoms with Gasteiger partial charge in [-0.15, -0.1) is 64.9 Å². The molecule has 438 valence electrons. The molecule has 0 aliphatic carbocycles. The Kier molecular flexibility index (Phi) is 18.7. The van der Waals surface area contributed by atoms with Gasteiger partial charge in [-0.05, 0) is 77.2 Å². The molecule has 0 atom stereocenters. The topological polar surface area (TPSA) is 107 Å². The van der Waals surface area contributed by atoms with Crippen molar-refractivity contribution in [2.45, 2.75) is 47.1 Å². The number of aryl methyl sites for hydroxylation is 1. The average molecular weight is 1500 g/mol. The molecule has 0 unspecified atom stereocenters. The Morgan fingerprint density at radius 1 is 0.477 bits per heavy atom. The van der Waals surface area contributed by atoms with Gasteiger partial charge in [-0.3, -0.25) is 19.3 Å². The summed E-state index contributed by atoms with van der Waals surface area (Å²) in [6, 6.07) is 72.8. The summed E-state index contributed by atoms with van der Waals surface area (Å²) in [5, 5.41) is 22.6. The molecule has 0 amide bonds. The molecular formula is C75H62Ir2N11-3. The molecule has 1 aliphatic rings. The van der Waals surface area contributed by atoms with Crippen LogP contribution in [-0.4, -0.2) is 58.6 Å². The molecule has 11 aromatic carbocycles. The van der Waals surface area contributed by atoms with Crippen LogP contribution in [0, 0.1) is 31.2 Å². The zero-order chi connectivity index (χ0) is 58.0. The van der Waals surface area contributed by atoms with E-state index in [-0.39, 0.29) is 53.1 Å². The van der Waals surface area contributed by atoms with E-state index in [1.807, 2.05) is 99.3 Å². The summed E-state index contributed by atoms with van der Waals surface area (Å²) in [5.74, 6) is 0. The van der Waals surface area contributed by atoms with E-state index in [4.69, 9.17) is 4.98 Å². The first kappa shape index (κ1) is 61.6. The summed E-state index contributed by atoms with van der Waals surface area (Å²) in [4.78, 5) is 25.1. The van der Waals surface area contributed by atoms with Crippen LogP contribution in [-0.2, 0) is 52.2 Å². The molecule has 17 rings (SSSR count). The number of benzene rings is 11. The van der Waals surface area contributed by atoms with Gasteiger partial charge in [-0.25, -0.2) is 4.98 Å². The molecule has 1 aliphatic heterocycles. The molecule has 88 heavy (non-hydrogen) atoms. The van der Waals surface area contributed by atoms with Crippen LogP contribution >= 0.6 is 0 Å². The minimum absolute atomic E-state index is 0. The van der Waals surface area contributed by atoms with Gasteiger partial charge in [0.25, 0.3) is 0 Å². The van der Waals surface area contributed by atoms with Crippen LogP contribution in [0.25, 0.3) is 109 Å². The first-order valence-corrected chi connectivity index (χ1v) is 28.3. The Morgan fingerprint density at radius 2 is 0.943 bits per heavy atom. The van der Waals surface area contributed by atoms with Crippen molar-refractivity contribution in [3.8, 4) is 11.4 Å². The summed E-state index contributed by atoms with van der Waals surface area (Å²) in [6.45, 7) is 9.72. The van der Waals surface area contributed by atoms with Crippen LogP contribution in [0.1, 0.15) is 45.0 Å². The summed E-state index contributed by atoms with van der Waals surface area (Å²) >= 11 is 0. The Hall–Kier alpha value is -9.48. The van der Waals surface area contributed by atoms with Gasteiger partial charge in [0.2, 0.25) is 5.52 Å². The van der Waals surface area contributed by atoms with Crippen molar-refractivity contribution in [1.29, 1.82) is 0 Å². The predicted octanol–water partition coefficient (Wildman–Crippen LogP) is 16.3. The third kappa shape index (κ3) is 12.1. The van der Waals surface area contributed by atoms with Crippen LogP contribution in [0.5, 0.6) is 0 Å². The van der Waals surface area contributed by atoms with E-state index in [0.29, 0.717) is 0 Å². The number of para-hydroxylation sites is 2. The van der Waals surface area contributed by atoms with Crippen molar-refractivity contribution in [1.82, 2.24) is 44.5 Å². The largest absolute Gasteiger partial charge is 0.416 e. The van der Waals surface area contributed by atoms with E-state index in [1.54, 1.807) is 46.5 Å². The van der Waals surface area contributed by atoms with Crippen molar-refractivity contribution in [3.05, 3.63) is 273 Å². The molecule has 0 N–H and O–H groups in total. The van der Waals surface area contributed by atoms with E-state index in [0.717, 1.165) is 78.4 Å². The van der Waals surface area contributed by atoms with Crippen LogP contribution < -0.4 is 9.47 Å². The molecule has 6 heterocycles. The number of hydrogen-bond acceptors (Lipinski definition) is 8. The first-order valence-electron chi connectivity index (χ1n) is 28.3. The van der Waals surface area contributed by atoms with Gasteiger partial charge in [0.1, 0.15) is 11.2 Å². The van der Waals surface area contributed by atoms with Gasteiger partial charge in [-0.1, -0.05) is 141 Å². The fourth-order valence-electron chi connectivity index (χ4n) is 11.3. The van der Waals surface area contributed by atoms with Crippen molar-refractivity contribution < 1.29 is 44.8 Å². The van der Waals surface area contributed by atoms with Crippen LogP contribution in [0.2, 0.25) is 0 Å². The van der Waals surface area contributed by atoms with Crippen molar-refractivity contribution in [2.24, 2.45) is 0 Å². The summed E-state index contributed by atoms with van der Waals surface area (Å²) in [6.07, 6.45) is 16.4. The van der Waals surface area contributed by atoms with Crippen LogP contribution in [0.3, 0.4) is 0 Å². The zero-order valence-electron chi connectivity index (χ0n) is 48.7. The molecule has 0 saturated carbocycles. The van der Waals surface area contributed by atoms with Gasteiger partial charge < -0.3 is 14.9 Å². The second-order valence-electron chi connectivity index (χ2n) is 22.1. The maximum atomic E-state index is 4.83. The van der Waals surface area contributed by atoms with Gasteiger partial charge in [-0.2, -0.15) is 63.3 Å². The van der Waals surface area contributed by atoms with E-state index >= 15 is 0 Å². The number of anilines is 1. The second kappa shape index (κ2) is 26.6. The normalized spacial score (nSPS) is 11.2. The molecule has 5 aromatic heterocycles. The Bertz CT molecular complexity index is 4930. The van der Waals surface area contributed by atoms with Crippen molar-refractivity contribution >= 4 is 103 Å². The molecule has 2 radical (unpaired) electrons. The van der Waals surface area contributed by atoms with E-state index < -0.39 is 0 Å². The van der Waals surface area contributed by atoms with Crippen molar-refractivity contribution in [3.63, 3.8) is 0 Å². The standard InChI is InChI=1S/C20H17N2.C18H14N3.C18H13N2.2C9H7N2.CH4.2Ir/c1-20(2,3)13-8-9-16-17(12-13)14-6-4-5-7-15(14)18-19(16)22-11-10-21-18;1-21(2)12-7-8-15-16(11-12)13-5-3-4-6-14(13)17-18(15)20-10-9-19-17;1-11-9-20-10-12-5-4-8-14-13-6-2-3-7-15(13)17(19-11)18(20)16(12)14;2*1-2-5-9(6-3-1)11-8-4-7-10-11;;;/h4-8,10-12H,1-3H3;3-7,9-11H,1-2H3;2-9H,10H2,1H3;2*1-5,7-8H;1H4;;/q2*-1;+1;2*-1;;;. The monoisotopic (exact) mass is 1500 g/mol. The van der Waals surface area contributed by atoms with Crippen LogP contribution in [0.4, 0.5) is 5.69 Å². The Morgan fingerprint density at radius 3 is 1.43 bits per heavy atom. The fourth-order valence-corrected chi connectivity index (χ4v) is 11.3. The number of hydrogen-bond donors (Lipinski definition) is 0. The number of nitrogens with zero attached hydrogens (tertiary/aromatic N) is 11.